The Bertz CT molecular complexity index is 988. The fourth-order valence-corrected chi connectivity index (χ4v) is 3.03. The summed E-state index contributed by atoms with van der Waals surface area (Å²) in [5.74, 6) is 2.09. The Balaban J connectivity index is 1.33. The molecule has 1 aliphatic rings. The predicted octanol–water partition coefficient (Wildman–Crippen LogP) is 3.77. The van der Waals surface area contributed by atoms with Crippen molar-refractivity contribution in [2.24, 2.45) is 0 Å². The van der Waals surface area contributed by atoms with E-state index in [1.54, 1.807) is 23.1 Å². The van der Waals surface area contributed by atoms with E-state index in [0.29, 0.717) is 36.9 Å². The fraction of sp³-hybridized carbons (Fsp3) is 0.238. The van der Waals surface area contributed by atoms with Gasteiger partial charge in [-0.25, -0.2) is 4.79 Å². The lowest BCUT2D eigenvalue weighted by atomic mass is 10.2. The maximum atomic E-state index is 12.3. The van der Waals surface area contributed by atoms with Crippen molar-refractivity contribution in [2.45, 2.75) is 19.6 Å². The maximum Gasteiger partial charge on any atom is 0.323 e. The number of benzene rings is 2. The molecule has 1 aliphatic heterocycles. The van der Waals surface area contributed by atoms with Gasteiger partial charge in [-0.15, -0.1) is 0 Å². The monoisotopic (exact) mass is 394 g/mol. The van der Waals surface area contributed by atoms with Crippen molar-refractivity contribution in [3.8, 4) is 17.2 Å². The lowest BCUT2D eigenvalue weighted by Gasteiger charge is -2.26. The van der Waals surface area contributed by atoms with Crippen molar-refractivity contribution < 1.29 is 19.0 Å². The number of carbonyl (C=O) groups excluding carboxylic acids is 1. The van der Waals surface area contributed by atoms with Crippen LogP contribution >= 0.6 is 0 Å². The van der Waals surface area contributed by atoms with Gasteiger partial charge in [0.1, 0.15) is 12.4 Å². The van der Waals surface area contributed by atoms with Crippen molar-refractivity contribution in [3.05, 3.63) is 60.9 Å². The number of nitrogens with one attached hydrogen (secondary N) is 2. The summed E-state index contributed by atoms with van der Waals surface area (Å²) in [5, 5.41) is 9.85. The molecule has 0 radical (unpaired) electrons. The molecule has 1 atom stereocenters. The Labute approximate surface area is 168 Å². The third-order valence-electron chi connectivity index (χ3n) is 4.28. The number of ether oxygens (including phenoxy) is 3. The zero-order chi connectivity index (χ0) is 20.1. The minimum Gasteiger partial charge on any atom is -0.492 e. The van der Waals surface area contributed by atoms with E-state index in [-0.39, 0.29) is 12.1 Å². The first kappa shape index (κ1) is 18.7. The summed E-state index contributed by atoms with van der Waals surface area (Å²) in [6, 6.07) is 14.5. The molecule has 0 unspecified atom stereocenters. The van der Waals surface area contributed by atoms with Crippen LogP contribution in [0.15, 0.2) is 60.9 Å². The van der Waals surface area contributed by atoms with Gasteiger partial charge in [0.05, 0.1) is 30.7 Å². The van der Waals surface area contributed by atoms with Gasteiger partial charge in [-0.3, -0.25) is 4.68 Å². The molecule has 0 saturated heterocycles. The number of carbonyl (C=O) groups is 1. The van der Waals surface area contributed by atoms with Crippen LogP contribution in [-0.2, 0) is 6.54 Å². The molecule has 0 fully saturated rings. The number of amides is 2. The minimum atomic E-state index is -0.372. The molecule has 2 N–H and O–H groups in total. The molecule has 0 bridgehead atoms. The smallest absolute Gasteiger partial charge is 0.323 e. The second-order valence-corrected chi connectivity index (χ2v) is 6.46. The lowest BCUT2D eigenvalue weighted by molar-refractivity contribution is 0.0759. The third-order valence-corrected chi connectivity index (χ3v) is 4.28. The molecule has 3 aromatic rings. The van der Waals surface area contributed by atoms with Crippen LogP contribution in [0.4, 0.5) is 16.2 Å². The summed E-state index contributed by atoms with van der Waals surface area (Å²) < 4.78 is 18.9. The Kier molecular flexibility index (Phi) is 5.51. The van der Waals surface area contributed by atoms with E-state index < -0.39 is 0 Å². The maximum absolute atomic E-state index is 12.3. The molecular weight excluding hydrogens is 372 g/mol. The van der Waals surface area contributed by atoms with Gasteiger partial charge in [0.2, 0.25) is 0 Å². The topological polar surface area (TPSA) is 86.6 Å². The number of nitrogens with zero attached hydrogens (tertiary/aromatic N) is 2. The fourth-order valence-electron chi connectivity index (χ4n) is 3.03. The quantitative estimate of drug-likeness (QED) is 0.665. The van der Waals surface area contributed by atoms with Gasteiger partial charge in [0, 0.05) is 6.20 Å². The second kappa shape index (κ2) is 8.55. The highest BCUT2D eigenvalue weighted by atomic mass is 16.6. The summed E-state index contributed by atoms with van der Waals surface area (Å²) in [6.07, 6.45) is 3.17. The number of para-hydroxylation sites is 4. The Morgan fingerprint density at radius 3 is 2.83 bits per heavy atom. The molecule has 4 rings (SSSR count). The van der Waals surface area contributed by atoms with Gasteiger partial charge < -0.3 is 24.8 Å². The van der Waals surface area contributed by atoms with Crippen LogP contribution < -0.4 is 24.8 Å². The molecule has 29 heavy (non-hydrogen) atoms. The van der Waals surface area contributed by atoms with Gasteiger partial charge in [0.25, 0.3) is 0 Å². The summed E-state index contributed by atoms with van der Waals surface area (Å²) in [5.41, 5.74) is 1.18. The first-order valence-corrected chi connectivity index (χ1v) is 9.42. The minimum absolute atomic E-state index is 0.162. The van der Waals surface area contributed by atoms with Crippen LogP contribution in [-0.4, -0.2) is 35.1 Å². The number of urea groups is 1. The Hall–Kier alpha value is -3.68. The molecule has 2 heterocycles. The van der Waals surface area contributed by atoms with Crippen molar-refractivity contribution in [1.82, 2.24) is 9.78 Å². The van der Waals surface area contributed by atoms with Gasteiger partial charge in [-0.2, -0.15) is 5.10 Å². The highest BCUT2D eigenvalue weighted by Crippen LogP contribution is 2.31. The van der Waals surface area contributed by atoms with Crippen LogP contribution in [0.3, 0.4) is 0 Å². The summed E-state index contributed by atoms with van der Waals surface area (Å²) >= 11 is 0. The van der Waals surface area contributed by atoms with Crippen LogP contribution in [0.5, 0.6) is 17.2 Å². The standard InChI is InChI=1S/C21H22N4O4/c1-2-27-18-8-4-3-7-17(18)24-21(26)23-15-11-22-25(12-15)13-16-14-28-19-9-5-6-10-20(19)29-16/h3-12,16H,2,13-14H2,1H3,(H2,23,24,26)/t16-/m0/s1. The summed E-state index contributed by atoms with van der Waals surface area (Å²) in [6.45, 7) is 3.36. The SMILES string of the molecule is CCOc1ccccc1NC(=O)Nc1cnn(C[C@H]2COc3ccccc3O2)c1. The molecule has 150 valence electrons. The highest BCUT2D eigenvalue weighted by Gasteiger charge is 2.21. The summed E-state index contributed by atoms with van der Waals surface area (Å²) in [4.78, 5) is 12.3. The Morgan fingerprint density at radius 2 is 1.97 bits per heavy atom. The zero-order valence-electron chi connectivity index (χ0n) is 16.0. The van der Waals surface area contributed by atoms with Gasteiger partial charge in [-0.1, -0.05) is 24.3 Å². The molecular formula is C21H22N4O4. The normalized spacial score (nSPS) is 14.9. The predicted molar refractivity (Wildman–Crippen MR) is 109 cm³/mol. The number of hydrogen-bond acceptors (Lipinski definition) is 5. The van der Waals surface area contributed by atoms with Crippen LogP contribution in [0.25, 0.3) is 0 Å². The van der Waals surface area contributed by atoms with Crippen LogP contribution in [0.2, 0.25) is 0 Å². The molecule has 8 heteroatoms. The van der Waals surface area contributed by atoms with Crippen LogP contribution in [0, 0.1) is 0 Å². The van der Waals surface area contributed by atoms with Crippen molar-refractivity contribution in [2.75, 3.05) is 23.8 Å². The molecule has 2 aromatic carbocycles. The molecule has 8 nitrogen and oxygen atoms in total. The largest absolute Gasteiger partial charge is 0.492 e. The molecule has 0 aliphatic carbocycles. The number of fused-ring (bicyclic) bond motifs is 1. The molecule has 0 saturated carbocycles. The van der Waals surface area contributed by atoms with Crippen molar-refractivity contribution >= 4 is 17.4 Å². The van der Waals surface area contributed by atoms with Crippen molar-refractivity contribution in [1.29, 1.82) is 0 Å². The first-order valence-electron chi connectivity index (χ1n) is 9.42. The third kappa shape index (κ3) is 4.60. The van der Waals surface area contributed by atoms with Crippen LogP contribution in [0.1, 0.15) is 6.92 Å². The number of anilines is 2. The van der Waals surface area contributed by atoms with Crippen molar-refractivity contribution in [3.63, 3.8) is 0 Å². The van der Waals surface area contributed by atoms with E-state index >= 15 is 0 Å². The second-order valence-electron chi connectivity index (χ2n) is 6.46. The average molecular weight is 394 g/mol. The lowest BCUT2D eigenvalue weighted by Crippen LogP contribution is -2.33. The van der Waals surface area contributed by atoms with E-state index in [2.05, 4.69) is 15.7 Å². The number of aromatic nitrogens is 2. The average Bonchev–Trinajstić information content (AvgIpc) is 3.16. The van der Waals surface area contributed by atoms with E-state index in [1.807, 2.05) is 49.4 Å². The van der Waals surface area contributed by atoms with Gasteiger partial charge in [0.15, 0.2) is 17.6 Å². The van der Waals surface area contributed by atoms with E-state index in [4.69, 9.17) is 14.2 Å². The number of rotatable bonds is 6. The van der Waals surface area contributed by atoms with E-state index in [1.165, 1.54) is 0 Å². The zero-order valence-corrected chi connectivity index (χ0v) is 16.0. The van der Waals surface area contributed by atoms with E-state index in [0.717, 1.165) is 11.5 Å². The van der Waals surface area contributed by atoms with E-state index in [9.17, 15) is 4.79 Å². The van der Waals surface area contributed by atoms with Gasteiger partial charge in [-0.05, 0) is 31.2 Å². The summed E-state index contributed by atoms with van der Waals surface area (Å²) in [7, 11) is 0. The van der Waals surface area contributed by atoms with Gasteiger partial charge >= 0.3 is 6.03 Å². The molecule has 2 amide bonds. The Morgan fingerprint density at radius 1 is 1.17 bits per heavy atom. The first-order chi connectivity index (χ1) is 14.2. The molecule has 1 aromatic heterocycles. The number of hydrogen-bond donors (Lipinski definition) is 2. The highest BCUT2D eigenvalue weighted by molar-refractivity contribution is 6.00. The molecule has 0 spiro atoms.